The van der Waals surface area contributed by atoms with Crippen molar-refractivity contribution < 1.29 is 35.9 Å². The summed E-state index contributed by atoms with van der Waals surface area (Å²) in [6.07, 6.45) is -2.62. The highest BCUT2D eigenvalue weighted by Crippen LogP contribution is 2.36. The molecule has 3 heterocycles. The van der Waals surface area contributed by atoms with Gasteiger partial charge in [0.25, 0.3) is 11.8 Å². The van der Waals surface area contributed by atoms with Gasteiger partial charge in [0.05, 0.1) is 34.1 Å². The maximum atomic E-state index is 13.5. The third kappa shape index (κ3) is 12.3. The summed E-state index contributed by atoms with van der Waals surface area (Å²) < 4.78 is 82.1. The van der Waals surface area contributed by atoms with E-state index in [0.29, 0.717) is 56.3 Å². The van der Waals surface area contributed by atoms with Gasteiger partial charge < -0.3 is 27.0 Å². The molecule has 0 unspecified atom stereocenters. The summed E-state index contributed by atoms with van der Waals surface area (Å²) in [7, 11) is 5.34. The van der Waals surface area contributed by atoms with E-state index in [0.717, 1.165) is 34.9 Å². The van der Waals surface area contributed by atoms with Crippen LogP contribution in [0, 0.1) is 36.5 Å². The Morgan fingerprint density at radius 1 is 0.690 bits per heavy atom. The number of halogens is 6. The van der Waals surface area contributed by atoms with Crippen molar-refractivity contribution in [2.45, 2.75) is 52.1 Å². The number of aryl methyl sites for hydroxylation is 3. The molecule has 71 heavy (non-hydrogen) atoms. The van der Waals surface area contributed by atoms with E-state index in [1.165, 1.54) is 18.2 Å². The second-order valence-corrected chi connectivity index (χ2v) is 17.3. The molecule has 364 valence electrons. The van der Waals surface area contributed by atoms with Crippen LogP contribution in [0.4, 0.5) is 43.5 Å². The van der Waals surface area contributed by atoms with Gasteiger partial charge in [-0.2, -0.15) is 42.0 Å². The minimum absolute atomic E-state index is 0.0846. The molecule has 0 saturated heterocycles. The molecule has 0 fully saturated rings. The van der Waals surface area contributed by atoms with Crippen LogP contribution in [0.25, 0.3) is 33.5 Å². The first kappa shape index (κ1) is 52.0. The number of pyridine rings is 2. The smallest absolute Gasteiger partial charge is 0.362 e. The fourth-order valence-electron chi connectivity index (χ4n) is 7.40. The van der Waals surface area contributed by atoms with Crippen LogP contribution in [-0.4, -0.2) is 45.7 Å². The van der Waals surface area contributed by atoms with Crippen LogP contribution < -0.4 is 27.0 Å². The molecule has 3 aromatic heterocycles. The number of anilines is 3. The van der Waals surface area contributed by atoms with Crippen LogP contribution in [0.3, 0.4) is 0 Å². The summed E-state index contributed by atoms with van der Waals surface area (Å²) in [5, 5.41) is 28.6. The lowest BCUT2D eigenvalue weighted by Crippen LogP contribution is -2.30. The van der Waals surface area contributed by atoms with Crippen molar-refractivity contribution in [2.75, 3.05) is 29.6 Å². The first-order valence-corrected chi connectivity index (χ1v) is 21.5. The normalized spacial score (nSPS) is 11.5. The number of carbonyl (C=O) groups is 2. The zero-order valence-electron chi connectivity index (χ0n) is 39.5. The quantitative estimate of drug-likeness (QED) is 0.0955. The number of nitriles is 2. The number of amides is 2. The molecule has 6 N–H and O–H groups in total. The van der Waals surface area contributed by atoms with Crippen molar-refractivity contribution >= 4 is 29.0 Å². The van der Waals surface area contributed by atoms with Crippen LogP contribution in [0.1, 0.15) is 79.1 Å². The number of rotatable bonds is 10. The second kappa shape index (κ2) is 20.7. The Morgan fingerprint density at radius 2 is 1.24 bits per heavy atom. The van der Waals surface area contributed by atoms with Gasteiger partial charge in [0, 0.05) is 91.0 Å². The number of carbonyl (C=O) groups excluding carboxylic acids is 2. The number of nitrogens with two attached hydrogens (primary N) is 2. The summed E-state index contributed by atoms with van der Waals surface area (Å²) in [6.45, 7) is 6.58. The zero-order valence-corrected chi connectivity index (χ0v) is 39.5. The predicted molar refractivity (Wildman–Crippen MR) is 259 cm³/mol. The van der Waals surface area contributed by atoms with Crippen LogP contribution >= 0.6 is 0 Å². The molecule has 0 aliphatic heterocycles. The molecule has 7 aromatic rings. The minimum atomic E-state index is -4.64. The zero-order chi connectivity index (χ0) is 52.2. The molecule has 2 amide bonds. The number of aromatic nitrogens is 4. The van der Waals surface area contributed by atoms with Gasteiger partial charge in [-0.3, -0.25) is 19.3 Å². The molecule has 7 rings (SSSR count). The van der Waals surface area contributed by atoms with E-state index < -0.39 is 40.8 Å². The largest absolute Gasteiger partial charge is 0.416 e. The average molecular weight is 972 g/mol. The lowest BCUT2D eigenvalue weighted by Gasteiger charge is -2.22. The van der Waals surface area contributed by atoms with Crippen LogP contribution in [-0.2, 0) is 31.5 Å². The van der Waals surface area contributed by atoms with Crippen molar-refractivity contribution in [2.24, 2.45) is 18.5 Å². The number of benzene rings is 4. The summed E-state index contributed by atoms with van der Waals surface area (Å²) in [6, 6.07) is 24.4. The Balaban J connectivity index is 0.000000235. The summed E-state index contributed by atoms with van der Waals surface area (Å²) in [5.74, 6) is -0.860. The Labute approximate surface area is 405 Å². The fraction of sp³-hybridized carbons (Fsp3) is 0.212. The molecule has 0 atom stereocenters. The van der Waals surface area contributed by atoms with Gasteiger partial charge in [0.1, 0.15) is 18.0 Å². The molecule has 0 aliphatic rings. The summed E-state index contributed by atoms with van der Waals surface area (Å²) in [5.41, 5.74) is 15.5. The molecular formula is C52H47F6N11O2. The number of hydrogen-bond donors (Lipinski definition) is 4. The van der Waals surface area contributed by atoms with E-state index >= 15 is 0 Å². The van der Waals surface area contributed by atoms with E-state index in [9.17, 15) is 46.5 Å². The predicted octanol–water partition coefficient (Wildman–Crippen LogP) is 10.5. The topological polar surface area (TPSA) is 205 Å². The van der Waals surface area contributed by atoms with Gasteiger partial charge in [-0.25, -0.2) is 4.98 Å². The number of alkyl halides is 6. The Kier molecular flexibility index (Phi) is 15.1. The van der Waals surface area contributed by atoms with Crippen molar-refractivity contribution in [3.8, 4) is 45.6 Å². The molecule has 0 bridgehead atoms. The lowest BCUT2D eigenvalue weighted by atomic mass is 9.91. The van der Waals surface area contributed by atoms with E-state index in [1.54, 1.807) is 118 Å². The lowest BCUT2D eigenvalue weighted by molar-refractivity contribution is -0.138. The molecule has 0 saturated carbocycles. The van der Waals surface area contributed by atoms with E-state index in [1.807, 2.05) is 13.8 Å². The standard InChI is InChI=1S/C28H25F3N6O.C24H22F3N5O/c1-16-5-6-23(36-26(38)17-8-21(27(2,3)33)10-22(9-17)28(29,30)31)11-24(16)19-7-18(12-32)25(34-13-19)20-14-35-37(4)15-20;1-14-4-7-19(10-20(14)18-8-17(12-29)22(30-13-18)32(2)3)31-23(33)15-5-6-16(11-28)21(9-15)24(25,26)27/h5-11,13-15H,33H2,1-4H3,(H,36,38);4-10,13H,11,28H2,1-3H3,(H,31,33). The highest BCUT2D eigenvalue weighted by molar-refractivity contribution is 6.05. The number of nitrogens with one attached hydrogen (secondary N) is 2. The van der Waals surface area contributed by atoms with Crippen LogP contribution in [0.2, 0.25) is 0 Å². The highest BCUT2D eigenvalue weighted by atomic mass is 19.4. The van der Waals surface area contributed by atoms with E-state index in [-0.39, 0.29) is 28.8 Å². The van der Waals surface area contributed by atoms with Gasteiger partial charge in [0.2, 0.25) is 0 Å². The van der Waals surface area contributed by atoms with Crippen molar-refractivity contribution in [1.82, 2.24) is 19.7 Å². The van der Waals surface area contributed by atoms with Gasteiger partial charge in [-0.15, -0.1) is 0 Å². The molecular weight excluding hydrogens is 925 g/mol. The molecule has 0 aliphatic carbocycles. The van der Waals surface area contributed by atoms with Gasteiger partial charge in [-0.1, -0.05) is 18.2 Å². The molecule has 13 nitrogen and oxygen atoms in total. The third-order valence-corrected chi connectivity index (χ3v) is 11.2. The first-order valence-electron chi connectivity index (χ1n) is 21.5. The Bertz CT molecular complexity index is 3220. The van der Waals surface area contributed by atoms with Crippen LogP contribution in [0.15, 0.2) is 110 Å². The summed E-state index contributed by atoms with van der Waals surface area (Å²) >= 11 is 0. The molecule has 0 radical (unpaired) electrons. The van der Waals surface area contributed by atoms with Gasteiger partial charge in [-0.05, 0) is 128 Å². The highest BCUT2D eigenvalue weighted by Gasteiger charge is 2.35. The number of nitrogens with zero attached hydrogens (tertiary/aromatic N) is 7. The molecule has 0 spiro atoms. The SMILES string of the molecule is Cc1ccc(NC(=O)c2cc(C(C)(C)N)cc(C(F)(F)F)c2)cc1-c1cnc(-c2cnn(C)c2)c(C#N)c1.Cc1ccc(NC(=O)c2ccc(CN)c(C(F)(F)F)c2)cc1-c1cnc(N(C)C)c(C#N)c1. The van der Waals surface area contributed by atoms with E-state index in [4.69, 9.17) is 11.5 Å². The number of hydrogen-bond acceptors (Lipinski definition) is 10. The average Bonchev–Trinajstić information content (AvgIpc) is 3.76. The molecule has 19 heteroatoms. The maximum absolute atomic E-state index is 13.5. The summed E-state index contributed by atoms with van der Waals surface area (Å²) in [4.78, 5) is 36.3. The van der Waals surface area contributed by atoms with Crippen molar-refractivity contribution in [3.63, 3.8) is 0 Å². The van der Waals surface area contributed by atoms with Crippen molar-refractivity contribution in [3.05, 3.63) is 165 Å². The first-order chi connectivity index (χ1) is 33.3. The Hall–Kier alpha value is -8.39. The van der Waals surface area contributed by atoms with E-state index in [2.05, 4.69) is 37.8 Å². The minimum Gasteiger partial charge on any atom is -0.362 e. The monoisotopic (exact) mass is 971 g/mol. The Morgan fingerprint density at radius 3 is 1.73 bits per heavy atom. The third-order valence-electron chi connectivity index (χ3n) is 11.2. The maximum Gasteiger partial charge on any atom is 0.416 e. The fourth-order valence-corrected chi connectivity index (χ4v) is 7.40. The van der Waals surface area contributed by atoms with Crippen molar-refractivity contribution in [1.29, 1.82) is 10.5 Å². The molecule has 4 aromatic carbocycles. The van der Waals surface area contributed by atoms with Gasteiger partial charge >= 0.3 is 12.4 Å². The van der Waals surface area contributed by atoms with Crippen LogP contribution in [0.5, 0.6) is 0 Å². The second-order valence-electron chi connectivity index (χ2n) is 17.3. The van der Waals surface area contributed by atoms with Gasteiger partial charge in [0.15, 0.2) is 0 Å².